The summed E-state index contributed by atoms with van der Waals surface area (Å²) in [6.45, 7) is 3.22. The van der Waals surface area contributed by atoms with E-state index < -0.39 is 5.91 Å². The maximum atomic E-state index is 10.8. The molecule has 4 nitrogen and oxygen atoms in total. The zero-order chi connectivity index (χ0) is 9.03. The highest BCUT2D eigenvalue weighted by Crippen LogP contribution is 2.18. The van der Waals surface area contributed by atoms with Crippen molar-refractivity contribution in [1.29, 1.82) is 0 Å². The second-order valence-electron chi connectivity index (χ2n) is 3.28. The van der Waals surface area contributed by atoms with Crippen LogP contribution in [0.3, 0.4) is 0 Å². The van der Waals surface area contributed by atoms with Crippen LogP contribution >= 0.6 is 0 Å². The first kappa shape index (κ1) is 9.19. The van der Waals surface area contributed by atoms with Crippen molar-refractivity contribution in [2.24, 2.45) is 0 Å². The van der Waals surface area contributed by atoms with Gasteiger partial charge >= 0.3 is 0 Å². The van der Waals surface area contributed by atoms with Gasteiger partial charge < -0.3 is 10.1 Å². The van der Waals surface area contributed by atoms with E-state index in [9.17, 15) is 9.59 Å². The minimum Gasteiger partial charge on any atom is -0.381 e. The molecule has 0 bridgehead atoms. The summed E-state index contributed by atoms with van der Waals surface area (Å²) in [5.74, 6) is -0.542. The summed E-state index contributed by atoms with van der Waals surface area (Å²) in [6, 6.07) is 0. The van der Waals surface area contributed by atoms with Crippen molar-refractivity contribution in [2.45, 2.75) is 25.3 Å². The number of rotatable bonds is 2. The van der Waals surface area contributed by atoms with E-state index in [1.54, 1.807) is 0 Å². The molecule has 1 saturated heterocycles. The third-order valence-corrected chi connectivity index (χ3v) is 2.13. The average Bonchev–Trinajstić information content (AvgIpc) is 2.05. The zero-order valence-corrected chi connectivity index (χ0v) is 7.13. The summed E-state index contributed by atoms with van der Waals surface area (Å²) < 4.78 is 5.14. The first-order valence-electron chi connectivity index (χ1n) is 4.01. The molecule has 1 fully saturated rings. The van der Waals surface area contributed by atoms with Crippen molar-refractivity contribution in [3.8, 4) is 0 Å². The third kappa shape index (κ3) is 2.30. The smallest absolute Gasteiger partial charge is 0.284 e. The van der Waals surface area contributed by atoms with Crippen molar-refractivity contribution in [3.63, 3.8) is 0 Å². The van der Waals surface area contributed by atoms with E-state index in [4.69, 9.17) is 4.74 Å². The van der Waals surface area contributed by atoms with Gasteiger partial charge in [0.05, 0.1) is 0 Å². The summed E-state index contributed by atoms with van der Waals surface area (Å²) in [4.78, 5) is 20.8. The van der Waals surface area contributed by atoms with Crippen LogP contribution < -0.4 is 5.32 Å². The molecule has 1 aliphatic heterocycles. The van der Waals surface area contributed by atoms with Crippen LogP contribution in [0.15, 0.2) is 0 Å². The van der Waals surface area contributed by atoms with E-state index >= 15 is 0 Å². The maximum Gasteiger partial charge on any atom is 0.284 e. The average molecular weight is 171 g/mol. The van der Waals surface area contributed by atoms with Crippen LogP contribution in [0.5, 0.6) is 0 Å². The number of ether oxygens (including phenoxy) is 1. The molecule has 0 aromatic heterocycles. The molecule has 12 heavy (non-hydrogen) atoms. The number of hydrogen-bond acceptors (Lipinski definition) is 3. The molecule has 0 spiro atoms. The highest BCUT2D eigenvalue weighted by atomic mass is 16.5. The van der Waals surface area contributed by atoms with Crippen LogP contribution in [0.1, 0.15) is 19.8 Å². The highest BCUT2D eigenvalue weighted by Gasteiger charge is 2.28. The molecule has 1 N–H and O–H groups in total. The van der Waals surface area contributed by atoms with Gasteiger partial charge in [0.1, 0.15) is 0 Å². The lowest BCUT2D eigenvalue weighted by molar-refractivity contribution is -0.133. The lowest BCUT2D eigenvalue weighted by atomic mass is 9.92. The summed E-state index contributed by atoms with van der Waals surface area (Å²) >= 11 is 0. The van der Waals surface area contributed by atoms with Gasteiger partial charge in [-0.1, -0.05) is 0 Å². The maximum absolute atomic E-state index is 10.8. The standard InChI is InChI=1S/C8H13NO3/c1-8(9-7(11)6-10)2-4-12-5-3-8/h6H,2-5H2,1H3,(H,9,11). The second kappa shape index (κ2) is 3.67. The lowest BCUT2D eigenvalue weighted by Gasteiger charge is -2.33. The molecule has 4 heteroatoms. The van der Waals surface area contributed by atoms with Crippen molar-refractivity contribution < 1.29 is 14.3 Å². The predicted octanol–water partition coefficient (Wildman–Crippen LogP) is -0.129. The van der Waals surface area contributed by atoms with Crippen molar-refractivity contribution in [1.82, 2.24) is 5.32 Å². The quantitative estimate of drug-likeness (QED) is 0.465. The highest BCUT2D eigenvalue weighted by molar-refractivity contribution is 6.23. The Hall–Kier alpha value is -0.900. The van der Waals surface area contributed by atoms with E-state index in [1.807, 2.05) is 6.92 Å². The number of nitrogens with one attached hydrogen (secondary N) is 1. The zero-order valence-electron chi connectivity index (χ0n) is 7.13. The van der Waals surface area contributed by atoms with Crippen LogP contribution in [-0.4, -0.2) is 30.9 Å². The lowest BCUT2D eigenvalue weighted by Crippen LogP contribution is -2.49. The minimum atomic E-state index is -0.542. The predicted molar refractivity (Wildman–Crippen MR) is 42.7 cm³/mol. The molecule has 1 rings (SSSR count). The van der Waals surface area contributed by atoms with Gasteiger partial charge in [0, 0.05) is 18.8 Å². The molecule has 1 aliphatic rings. The Morgan fingerprint density at radius 2 is 2.08 bits per heavy atom. The first-order chi connectivity index (χ1) is 5.66. The van der Waals surface area contributed by atoms with E-state index in [0.29, 0.717) is 19.5 Å². The van der Waals surface area contributed by atoms with Gasteiger partial charge in [-0.3, -0.25) is 9.59 Å². The Kier molecular flexibility index (Phi) is 2.81. The van der Waals surface area contributed by atoms with E-state index in [2.05, 4.69) is 5.32 Å². The van der Waals surface area contributed by atoms with Crippen LogP contribution in [-0.2, 0) is 14.3 Å². The molecular weight excluding hydrogens is 158 g/mol. The summed E-state index contributed by atoms with van der Waals surface area (Å²) in [7, 11) is 0. The SMILES string of the molecule is CC1(NC(=O)C=O)CCOCC1. The molecule has 68 valence electrons. The van der Waals surface area contributed by atoms with Gasteiger partial charge in [-0.05, 0) is 19.8 Å². The van der Waals surface area contributed by atoms with Crippen molar-refractivity contribution >= 4 is 12.2 Å². The van der Waals surface area contributed by atoms with Crippen LogP contribution in [0, 0.1) is 0 Å². The number of aldehydes is 1. The Morgan fingerprint density at radius 3 is 2.58 bits per heavy atom. The fourth-order valence-corrected chi connectivity index (χ4v) is 1.27. The van der Waals surface area contributed by atoms with Crippen LogP contribution in [0.2, 0.25) is 0 Å². The monoisotopic (exact) mass is 171 g/mol. The first-order valence-corrected chi connectivity index (χ1v) is 4.01. The molecule has 0 unspecified atom stereocenters. The van der Waals surface area contributed by atoms with Gasteiger partial charge in [-0.15, -0.1) is 0 Å². The Bertz CT molecular complexity index is 185. The second-order valence-corrected chi connectivity index (χ2v) is 3.28. The number of amides is 1. The number of carbonyl (C=O) groups is 2. The molecule has 0 radical (unpaired) electrons. The van der Waals surface area contributed by atoms with Gasteiger partial charge in [-0.2, -0.15) is 0 Å². The minimum absolute atomic E-state index is 0.254. The normalized spacial score (nSPS) is 21.4. The Balaban J connectivity index is 2.46. The summed E-state index contributed by atoms with van der Waals surface area (Å²) in [6.07, 6.45) is 1.85. The molecule has 0 aromatic carbocycles. The van der Waals surface area contributed by atoms with E-state index in [1.165, 1.54) is 0 Å². The van der Waals surface area contributed by atoms with E-state index in [0.717, 1.165) is 12.8 Å². The molecule has 1 heterocycles. The van der Waals surface area contributed by atoms with Gasteiger partial charge in [0.15, 0.2) is 0 Å². The molecule has 0 atom stereocenters. The molecule has 0 aliphatic carbocycles. The van der Waals surface area contributed by atoms with Crippen molar-refractivity contribution in [2.75, 3.05) is 13.2 Å². The Morgan fingerprint density at radius 1 is 1.50 bits per heavy atom. The number of carbonyl (C=O) groups excluding carboxylic acids is 2. The van der Waals surface area contributed by atoms with Crippen LogP contribution in [0.25, 0.3) is 0 Å². The number of hydrogen-bond donors (Lipinski definition) is 1. The topological polar surface area (TPSA) is 55.4 Å². The third-order valence-electron chi connectivity index (χ3n) is 2.13. The molecule has 1 amide bonds. The van der Waals surface area contributed by atoms with Gasteiger partial charge in [-0.25, -0.2) is 0 Å². The van der Waals surface area contributed by atoms with E-state index in [-0.39, 0.29) is 5.54 Å². The summed E-state index contributed by atoms with van der Waals surface area (Å²) in [5, 5.41) is 2.66. The Labute approximate surface area is 71.3 Å². The largest absolute Gasteiger partial charge is 0.381 e. The summed E-state index contributed by atoms with van der Waals surface area (Å²) in [5.41, 5.74) is -0.254. The van der Waals surface area contributed by atoms with Crippen molar-refractivity contribution in [3.05, 3.63) is 0 Å². The van der Waals surface area contributed by atoms with Gasteiger partial charge in [0.25, 0.3) is 5.91 Å². The van der Waals surface area contributed by atoms with Gasteiger partial charge in [0.2, 0.25) is 6.29 Å². The van der Waals surface area contributed by atoms with Crippen LogP contribution in [0.4, 0.5) is 0 Å². The molecule has 0 aromatic rings. The fourth-order valence-electron chi connectivity index (χ4n) is 1.27. The molecular formula is C8H13NO3. The molecule has 0 saturated carbocycles. The fraction of sp³-hybridized carbons (Fsp3) is 0.750.